The zero-order chi connectivity index (χ0) is 14.8. The Hall–Kier alpha value is -1.25. The molecule has 1 aromatic heterocycles. The average molecular weight is 320 g/mol. The molecule has 20 heavy (non-hydrogen) atoms. The standard InChI is InChI=1S/C11H14ClN3O4S/c12-10-6-13-9(5-14-10)11(17)15(2-3-16)8-1-4-20(18,19)7-8/h5-6,8,16H,1-4,7H2. The van der Waals surface area contributed by atoms with Crippen LogP contribution in [-0.4, -0.2) is 65.0 Å². The monoisotopic (exact) mass is 319 g/mol. The highest BCUT2D eigenvalue weighted by Gasteiger charge is 2.35. The van der Waals surface area contributed by atoms with Crippen molar-refractivity contribution in [3.05, 3.63) is 23.2 Å². The van der Waals surface area contributed by atoms with Gasteiger partial charge in [0, 0.05) is 12.6 Å². The van der Waals surface area contributed by atoms with Crippen LogP contribution in [0.15, 0.2) is 12.4 Å². The first-order valence-electron chi connectivity index (χ1n) is 6.03. The van der Waals surface area contributed by atoms with Crippen molar-refractivity contribution < 1.29 is 18.3 Å². The summed E-state index contributed by atoms with van der Waals surface area (Å²) in [6.45, 7) is -0.188. The fourth-order valence-electron chi connectivity index (χ4n) is 2.15. The number of hydrogen-bond acceptors (Lipinski definition) is 6. The van der Waals surface area contributed by atoms with Crippen LogP contribution >= 0.6 is 11.6 Å². The maximum absolute atomic E-state index is 12.3. The van der Waals surface area contributed by atoms with E-state index < -0.39 is 21.8 Å². The summed E-state index contributed by atoms with van der Waals surface area (Å²) in [6, 6.07) is -0.433. The summed E-state index contributed by atoms with van der Waals surface area (Å²) in [5, 5.41) is 9.23. The summed E-state index contributed by atoms with van der Waals surface area (Å²) < 4.78 is 23.0. The van der Waals surface area contributed by atoms with Crippen molar-refractivity contribution in [2.75, 3.05) is 24.7 Å². The molecule has 1 atom stereocenters. The number of carbonyl (C=O) groups is 1. The average Bonchev–Trinajstić information content (AvgIpc) is 2.76. The number of aromatic nitrogens is 2. The van der Waals surface area contributed by atoms with Gasteiger partial charge < -0.3 is 10.0 Å². The summed E-state index contributed by atoms with van der Waals surface area (Å²) in [4.78, 5) is 21.3. The first-order chi connectivity index (χ1) is 9.43. The largest absolute Gasteiger partial charge is 0.395 e. The molecule has 1 aromatic rings. The number of hydrogen-bond donors (Lipinski definition) is 1. The van der Waals surface area contributed by atoms with Gasteiger partial charge in [0.15, 0.2) is 9.84 Å². The molecule has 1 saturated heterocycles. The van der Waals surface area contributed by atoms with Crippen LogP contribution in [0.1, 0.15) is 16.9 Å². The first kappa shape index (κ1) is 15.1. The molecule has 7 nitrogen and oxygen atoms in total. The first-order valence-corrected chi connectivity index (χ1v) is 8.22. The van der Waals surface area contributed by atoms with Crippen LogP contribution in [0, 0.1) is 0 Å². The minimum Gasteiger partial charge on any atom is -0.395 e. The third-order valence-corrected chi connectivity index (χ3v) is 5.04. The Morgan fingerprint density at radius 3 is 2.70 bits per heavy atom. The Labute approximate surface area is 121 Å². The molecular formula is C11H14ClN3O4S. The molecule has 0 spiro atoms. The second-order valence-corrected chi connectivity index (χ2v) is 7.12. The molecule has 110 valence electrons. The highest BCUT2D eigenvalue weighted by molar-refractivity contribution is 7.91. The van der Waals surface area contributed by atoms with Crippen LogP contribution in [0.4, 0.5) is 0 Å². The van der Waals surface area contributed by atoms with Gasteiger partial charge in [-0.2, -0.15) is 0 Å². The van der Waals surface area contributed by atoms with Gasteiger partial charge in [-0.1, -0.05) is 11.6 Å². The van der Waals surface area contributed by atoms with Crippen molar-refractivity contribution in [3.63, 3.8) is 0 Å². The van der Waals surface area contributed by atoms with Crippen molar-refractivity contribution in [2.45, 2.75) is 12.5 Å². The normalized spacial score (nSPS) is 20.8. The predicted octanol–water partition coefficient (Wildman–Crippen LogP) is -0.248. The Balaban J connectivity index is 2.20. The Kier molecular flexibility index (Phi) is 4.56. The van der Waals surface area contributed by atoms with Gasteiger partial charge in [-0.3, -0.25) is 4.79 Å². The number of nitrogens with zero attached hydrogens (tertiary/aromatic N) is 3. The molecule has 1 N–H and O–H groups in total. The number of aliphatic hydroxyl groups excluding tert-OH is 1. The van der Waals surface area contributed by atoms with Gasteiger partial charge in [0.2, 0.25) is 0 Å². The van der Waals surface area contributed by atoms with Crippen molar-refractivity contribution in [1.82, 2.24) is 14.9 Å². The molecule has 2 rings (SSSR count). The summed E-state index contributed by atoms with van der Waals surface area (Å²) >= 11 is 5.60. The van der Waals surface area contributed by atoms with Crippen LogP contribution in [0.2, 0.25) is 5.15 Å². The van der Waals surface area contributed by atoms with Gasteiger partial charge in [0.1, 0.15) is 10.8 Å². The summed E-state index contributed by atoms with van der Waals surface area (Å²) in [7, 11) is -3.11. The minimum atomic E-state index is -3.11. The molecule has 1 unspecified atom stereocenters. The number of amides is 1. The molecule has 0 radical (unpaired) electrons. The quantitative estimate of drug-likeness (QED) is 0.821. The van der Waals surface area contributed by atoms with Gasteiger partial charge in [0.05, 0.1) is 30.5 Å². The molecule has 1 amide bonds. The second kappa shape index (κ2) is 6.02. The molecule has 2 heterocycles. The lowest BCUT2D eigenvalue weighted by molar-refractivity contribution is 0.0649. The number of aliphatic hydroxyl groups is 1. The van der Waals surface area contributed by atoms with Crippen LogP contribution in [0.25, 0.3) is 0 Å². The SMILES string of the molecule is O=C(c1cnc(Cl)cn1)N(CCO)C1CCS(=O)(=O)C1. The van der Waals surface area contributed by atoms with E-state index in [-0.39, 0.29) is 35.5 Å². The molecule has 0 bridgehead atoms. The van der Waals surface area contributed by atoms with E-state index in [1.54, 1.807) is 0 Å². The Bertz CT molecular complexity index is 590. The molecule has 0 aromatic carbocycles. The van der Waals surface area contributed by atoms with E-state index in [9.17, 15) is 13.2 Å². The number of halogens is 1. The van der Waals surface area contributed by atoms with Crippen molar-refractivity contribution >= 4 is 27.3 Å². The lowest BCUT2D eigenvalue weighted by Crippen LogP contribution is -2.43. The zero-order valence-corrected chi connectivity index (χ0v) is 12.1. The van der Waals surface area contributed by atoms with E-state index in [1.165, 1.54) is 17.3 Å². The van der Waals surface area contributed by atoms with Crippen LogP contribution < -0.4 is 0 Å². The van der Waals surface area contributed by atoms with E-state index in [1.807, 2.05) is 0 Å². The molecular weight excluding hydrogens is 306 g/mol. The fraction of sp³-hybridized carbons (Fsp3) is 0.545. The predicted molar refractivity (Wildman–Crippen MR) is 72.2 cm³/mol. The van der Waals surface area contributed by atoms with E-state index in [2.05, 4.69) is 9.97 Å². The van der Waals surface area contributed by atoms with Gasteiger partial charge in [0.25, 0.3) is 5.91 Å². The van der Waals surface area contributed by atoms with Crippen LogP contribution in [-0.2, 0) is 9.84 Å². The maximum Gasteiger partial charge on any atom is 0.274 e. The van der Waals surface area contributed by atoms with Crippen molar-refractivity contribution in [1.29, 1.82) is 0 Å². The third-order valence-electron chi connectivity index (χ3n) is 3.09. The Morgan fingerprint density at radius 1 is 1.45 bits per heavy atom. The summed E-state index contributed by atoms with van der Waals surface area (Å²) in [5.74, 6) is -0.482. The van der Waals surface area contributed by atoms with E-state index in [4.69, 9.17) is 16.7 Å². The van der Waals surface area contributed by atoms with Gasteiger partial charge in [-0.05, 0) is 6.42 Å². The van der Waals surface area contributed by atoms with Gasteiger partial charge in [-0.15, -0.1) is 0 Å². The fourth-order valence-corrected chi connectivity index (χ4v) is 3.98. The lowest BCUT2D eigenvalue weighted by atomic mass is 10.2. The second-order valence-electron chi connectivity index (χ2n) is 4.50. The number of sulfone groups is 1. The van der Waals surface area contributed by atoms with Crippen LogP contribution in [0.5, 0.6) is 0 Å². The maximum atomic E-state index is 12.3. The van der Waals surface area contributed by atoms with Crippen LogP contribution in [0.3, 0.4) is 0 Å². The molecule has 9 heteroatoms. The smallest absolute Gasteiger partial charge is 0.274 e. The van der Waals surface area contributed by atoms with E-state index in [0.29, 0.717) is 6.42 Å². The summed E-state index contributed by atoms with van der Waals surface area (Å²) in [5.41, 5.74) is 0.0761. The minimum absolute atomic E-state index is 0.0547. The Morgan fingerprint density at radius 2 is 2.20 bits per heavy atom. The van der Waals surface area contributed by atoms with Gasteiger partial charge in [-0.25, -0.2) is 18.4 Å². The molecule has 1 aliphatic heterocycles. The van der Waals surface area contributed by atoms with E-state index in [0.717, 1.165) is 0 Å². The highest BCUT2D eigenvalue weighted by Crippen LogP contribution is 2.19. The number of rotatable bonds is 4. The van der Waals surface area contributed by atoms with Gasteiger partial charge >= 0.3 is 0 Å². The number of carbonyl (C=O) groups excluding carboxylic acids is 1. The zero-order valence-electron chi connectivity index (χ0n) is 10.6. The molecule has 0 saturated carbocycles. The lowest BCUT2D eigenvalue weighted by Gasteiger charge is -2.27. The molecule has 0 aliphatic carbocycles. The van der Waals surface area contributed by atoms with Crippen molar-refractivity contribution in [3.8, 4) is 0 Å². The van der Waals surface area contributed by atoms with E-state index >= 15 is 0 Å². The molecule has 1 fully saturated rings. The molecule has 1 aliphatic rings. The van der Waals surface area contributed by atoms with Crippen molar-refractivity contribution in [2.24, 2.45) is 0 Å². The highest BCUT2D eigenvalue weighted by atomic mass is 35.5. The topological polar surface area (TPSA) is 100 Å². The summed E-state index contributed by atoms with van der Waals surface area (Å²) in [6.07, 6.45) is 2.85. The third kappa shape index (κ3) is 3.44.